The summed E-state index contributed by atoms with van der Waals surface area (Å²) >= 11 is 0. The minimum atomic E-state index is -0.0175. The molecular formula is C16H16N2O. The molecule has 19 heavy (non-hydrogen) atoms. The van der Waals surface area contributed by atoms with Crippen LogP contribution in [0.15, 0.2) is 36.5 Å². The molecule has 3 heteroatoms. The van der Waals surface area contributed by atoms with E-state index in [9.17, 15) is 4.79 Å². The number of fused-ring (bicyclic) bond motifs is 1. The number of anilines is 1. The van der Waals surface area contributed by atoms with Gasteiger partial charge in [-0.2, -0.15) is 0 Å². The Morgan fingerprint density at radius 2 is 2.05 bits per heavy atom. The summed E-state index contributed by atoms with van der Waals surface area (Å²) < 4.78 is 0. The zero-order chi connectivity index (χ0) is 13.2. The zero-order valence-electron chi connectivity index (χ0n) is 10.7. The van der Waals surface area contributed by atoms with E-state index in [0.717, 1.165) is 18.4 Å². The molecule has 1 heterocycles. The van der Waals surface area contributed by atoms with Crippen LogP contribution in [0, 0.1) is 0 Å². The standard InChI is InChI=1S/C16H16N2O/c17-14-5-2-8-18-16(14)15(19)10-11-6-7-12-3-1-4-13(12)9-11/h2,5-9H,1,3-4,10,17H2. The number of hydrogen-bond donors (Lipinski definition) is 1. The van der Waals surface area contributed by atoms with E-state index in [2.05, 4.69) is 17.1 Å². The number of pyridine rings is 1. The van der Waals surface area contributed by atoms with Gasteiger partial charge in [-0.15, -0.1) is 0 Å². The van der Waals surface area contributed by atoms with Crippen LogP contribution in [-0.2, 0) is 19.3 Å². The molecule has 2 aromatic rings. The van der Waals surface area contributed by atoms with Crippen LogP contribution in [0.3, 0.4) is 0 Å². The van der Waals surface area contributed by atoms with E-state index in [-0.39, 0.29) is 5.78 Å². The van der Waals surface area contributed by atoms with Crippen molar-refractivity contribution >= 4 is 11.5 Å². The van der Waals surface area contributed by atoms with Crippen LogP contribution in [0.5, 0.6) is 0 Å². The second-order valence-electron chi connectivity index (χ2n) is 5.00. The summed E-state index contributed by atoms with van der Waals surface area (Å²) in [6.45, 7) is 0. The molecule has 96 valence electrons. The van der Waals surface area contributed by atoms with Crippen LogP contribution >= 0.6 is 0 Å². The second-order valence-corrected chi connectivity index (χ2v) is 5.00. The van der Waals surface area contributed by atoms with E-state index >= 15 is 0 Å². The van der Waals surface area contributed by atoms with Crippen molar-refractivity contribution in [1.82, 2.24) is 4.98 Å². The van der Waals surface area contributed by atoms with Gasteiger partial charge in [0.15, 0.2) is 5.78 Å². The highest BCUT2D eigenvalue weighted by Gasteiger charge is 2.14. The molecule has 0 amide bonds. The number of nitrogen functional groups attached to an aromatic ring is 1. The smallest absolute Gasteiger partial charge is 0.187 e. The van der Waals surface area contributed by atoms with Crippen molar-refractivity contribution in [2.45, 2.75) is 25.7 Å². The molecule has 1 aromatic heterocycles. The van der Waals surface area contributed by atoms with Crippen molar-refractivity contribution in [3.63, 3.8) is 0 Å². The molecule has 0 atom stereocenters. The Bertz CT molecular complexity index is 634. The number of nitrogens with zero attached hydrogens (tertiary/aromatic N) is 1. The van der Waals surface area contributed by atoms with Crippen LogP contribution in [0.1, 0.15) is 33.6 Å². The summed E-state index contributed by atoms with van der Waals surface area (Å²) in [5.74, 6) is -0.0175. The molecule has 0 unspecified atom stereocenters. The maximum atomic E-state index is 12.2. The molecule has 0 saturated heterocycles. The molecule has 0 aliphatic heterocycles. The lowest BCUT2D eigenvalue weighted by atomic mass is 10.0. The van der Waals surface area contributed by atoms with Crippen molar-refractivity contribution in [3.8, 4) is 0 Å². The van der Waals surface area contributed by atoms with Gasteiger partial charge in [0.05, 0.1) is 5.69 Å². The number of nitrogens with two attached hydrogens (primary N) is 1. The molecule has 0 fully saturated rings. The first-order valence-corrected chi connectivity index (χ1v) is 6.58. The first kappa shape index (κ1) is 11.9. The lowest BCUT2D eigenvalue weighted by Crippen LogP contribution is -2.09. The molecule has 0 bridgehead atoms. The number of carbonyl (C=O) groups excluding carboxylic acids is 1. The fourth-order valence-electron chi connectivity index (χ4n) is 2.65. The largest absolute Gasteiger partial charge is 0.397 e. The Balaban J connectivity index is 1.82. The minimum absolute atomic E-state index is 0.0175. The molecular weight excluding hydrogens is 236 g/mol. The van der Waals surface area contributed by atoms with Gasteiger partial charge in [-0.3, -0.25) is 9.78 Å². The number of benzene rings is 1. The summed E-state index contributed by atoms with van der Waals surface area (Å²) in [6.07, 6.45) is 5.49. The third-order valence-electron chi connectivity index (χ3n) is 3.63. The highest BCUT2D eigenvalue weighted by atomic mass is 16.1. The summed E-state index contributed by atoms with van der Waals surface area (Å²) in [6, 6.07) is 9.79. The van der Waals surface area contributed by atoms with Crippen LogP contribution < -0.4 is 5.73 Å². The van der Waals surface area contributed by atoms with Crippen LogP contribution in [-0.4, -0.2) is 10.8 Å². The minimum Gasteiger partial charge on any atom is -0.397 e. The number of hydrogen-bond acceptors (Lipinski definition) is 3. The Morgan fingerprint density at radius 1 is 1.21 bits per heavy atom. The summed E-state index contributed by atoms with van der Waals surface area (Å²) in [4.78, 5) is 16.3. The SMILES string of the molecule is Nc1cccnc1C(=O)Cc1ccc2c(c1)CCC2. The Hall–Kier alpha value is -2.16. The van der Waals surface area contributed by atoms with E-state index in [1.165, 1.54) is 17.5 Å². The quantitative estimate of drug-likeness (QED) is 0.854. The maximum absolute atomic E-state index is 12.2. The average molecular weight is 252 g/mol. The van der Waals surface area contributed by atoms with Crippen molar-refractivity contribution in [1.29, 1.82) is 0 Å². The van der Waals surface area contributed by atoms with Gasteiger partial charge in [0.2, 0.25) is 0 Å². The topological polar surface area (TPSA) is 56.0 Å². The fraction of sp³-hybridized carbons (Fsp3) is 0.250. The van der Waals surface area contributed by atoms with E-state index in [4.69, 9.17) is 5.73 Å². The fourth-order valence-corrected chi connectivity index (χ4v) is 2.65. The highest BCUT2D eigenvalue weighted by Crippen LogP contribution is 2.23. The Kier molecular flexibility index (Phi) is 3.03. The third kappa shape index (κ3) is 2.36. The second kappa shape index (κ2) is 4.84. The van der Waals surface area contributed by atoms with Gasteiger partial charge in [-0.25, -0.2) is 0 Å². The van der Waals surface area contributed by atoms with Gasteiger partial charge in [0, 0.05) is 12.6 Å². The van der Waals surface area contributed by atoms with Crippen LogP contribution in [0.25, 0.3) is 0 Å². The summed E-state index contributed by atoms with van der Waals surface area (Å²) in [5.41, 5.74) is 10.5. The molecule has 3 rings (SSSR count). The molecule has 1 aromatic carbocycles. The predicted molar refractivity (Wildman–Crippen MR) is 75.2 cm³/mol. The van der Waals surface area contributed by atoms with Gasteiger partial charge in [-0.05, 0) is 48.1 Å². The first-order chi connectivity index (χ1) is 9.24. The molecule has 1 aliphatic rings. The third-order valence-corrected chi connectivity index (χ3v) is 3.63. The Labute approximate surface area is 112 Å². The van der Waals surface area contributed by atoms with Crippen molar-refractivity contribution < 1.29 is 4.79 Å². The van der Waals surface area contributed by atoms with E-state index in [0.29, 0.717) is 17.8 Å². The van der Waals surface area contributed by atoms with Crippen molar-refractivity contribution in [2.75, 3.05) is 5.73 Å². The van der Waals surface area contributed by atoms with Crippen molar-refractivity contribution in [3.05, 3.63) is 58.9 Å². The molecule has 0 spiro atoms. The lowest BCUT2D eigenvalue weighted by molar-refractivity contribution is 0.0989. The highest BCUT2D eigenvalue weighted by molar-refractivity contribution is 6.00. The molecule has 2 N–H and O–H groups in total. The molecule has 0 radical (unpaired) electrons. The molecule has 1 aliphatic carbocycles. The number of ketones is 1. The average Bonchev–Trinajstić information content (AvgIpc) is 2.86. The van der Waals surface area contributed by atoms with Crippen molar-refractivity contribution in [2.24, 2.45) is 0 Å². The van der Waals surface area contributed by atoms with Gasteiger partial charge in [0.1, 0.15) is 5.69 Å². The molecule has 3 nitrogen and oxygen atoms in total. The number of rotatable bonds is 3. The number of aromatic nitrogens is 1. The normalized spacial score (nSPS) is 13.3. The number of Topliss-reactive ketones (excluding diaryl/α,β-unsaturated/α-hetero) is 1. The number of aryl methyl sites for hydroxylation is 2. The van der Waals surface area contributed by atoms with Gasteiger partial charge >= 0.3 is 0 Å². The summed E-state index contributed by atoms with van der Waals surface area (Å²) in [5, 5.41) is 0. The van der Waals surface area contributed by atoms with Crippen LogP contribution in [0.2, 0.25) is 0 Å². The first-order valence-electron chi connectivity index (χ1n) is 6.58. The van der Waals surface area contributed by atoms with Gasteiger partial charge in [-0.1, -0.05) is 18.2 Å². The zero-order valence-corrected chi connectivity index (χ0v) is 10.7. The van der Waals surface area contributed by atoms with Gasteiger partial charge in [0.25, 0.3) is 0 Å². The maximum Gasteiger partial charge on any atom is 0.187 e. The predicted octanol–water partition coefficient (Wildman–Crippen LogP) is 2.58. The Morgan fingerprint density at radius 3 is 2.89 bits per heavy atom. The molecule has 0 saturated carbocycles. The van der Waals surface area contributed by atoms with E-state index in [1.807, 2.05) is 6.07 Å². The van der Waals surface area contributed by atoms with Crippen LogP contribution in [0.4, 0.5) is 5.69 Å². The van der Waals surface area contributed by atoms with E-state index < -0.39 is 0 Å². The monoisotopic (exact) mass is 252 g/mol. The van der Waals surface area contributed by atoms with Gasteiger partial charge < -0.3 is 5.73 Å². The van der Waals surface area contributed by atoms with E-state index in [1.54, 1.807) is 18.3 Å². The lowest BCUT2D eigenvalue weighted by Gasteiger charge is -2.06. The summed E-state index contributed by atoms with van der Waals surface area (Å²) in [7, 11) is 0. The number of carbonyl (C=O) groups is 1.